The molecule has 1 amide bonds. The maximum Gasteiger partial charge on any atom is 0.491 e. The highest BCUT2D eigenvalue weighted by Gasteiger charge is 2.25. The molecule has 0 fully saturated rings. The van der Waals surface area contributed by atoms with Gasteiger partial charge in [-0.25, -0.2) is 14.0 Å². The minimum atomic E-state index is -1.73. The van der Waals surface area contributed by atoms with E-state index in [2.05, 4.69) is 10.1 Å². The SMILES string of the molecule is COC(=O)[C@H](Cc1ccc(OCB(O)O)c(F)c1)NC(=O)OC(C)(C)C. The first-order valence-corrected chi connectivity index (χ1v) is 7.86. The summed E-state index contributed by atoms with van der Waals surface area (Å²) in [5.41, 5.74) is -0.349. The van der Waals surface area contributed by atoms with E-state index in [4.69, 9.17) is 19.5 Å². The lowest BCUT2D eigenvalue weighted by Gasteiger charge is -2.22. The van der Waals surface area contributed by atoms with Crippen molar-refractivity contribution in [1.82, 2.24) is 5.32 Å². The lowest BCUT2D eigenvalue weighted by atomic mass is 9.95. The molecule has 0 aromatic heterocycles. The van der Waals surface area contributed by atoms with Crippen molar-refractivity contribution < 1.29 is 38.2 Å². The molecule has 26 heavy (non-hydrogen) atoms. The summed E-state index contributed by atoms with van der Waals surface area (Å²) in [7, 11) is -0.556. The van der Waals surface area contributed by atoms with Crippen LogP contribution in [0.1, 0.15) is 26.3 Å². The van der Waals surface area contributed by atoms with Gasteiger partial charge in [0.2, 0.25) is 0 Å². The van der Waals surface area contributed by atoms with Gasteiger partial charge in [0.15, 0.2) is 11.6 Å². The van der Waals surface area contributed by atoms with Crippen LogP contribution < -0.4 is 10.1 Å². The summed E-state index contributed by atoms with van der Waals surface area (Å²) < 4.78 is 28.6. The van der Waals surface area contributed by atoms with E-state index < -0.39 is 43.1 Å². The van der Waals surface area contributed by atoms with Gasteiger partial charge in [-0.05, 0) is 38.5 Å². The van der Waals surface area contributed by atoms with Gasteiger partial charge in [0.05, 0.1) is 7.11 Å². The third-order valence-electron chi connectivity index (χ3n) is 3.00. The third kappa shape index (κ3) is 7.71. The molecule has 1 aromatic carbocycles. The second kappa shape index (κ2) is 9.39. The minimum Gasteiger partial charge on any atom is -0.493 e. The zero-order chi connectivity index (χ0) is 19.9. The number of alkyl carbamates (subject to hydrolysis) is 1. The number of hydrogen-bond donors (Lipinski definition) is 3. The van der Waals surface area contributed by atoms with Crippen LogP contribution in [0.4, 0.5) is 9.18 Å². The number of carbonyl (C=O) groups excluding carboxylic acids is 2. The number of esters is 1. The Hall–Kier alpha value is -2.33. The van der Waals surface area contributed by atoms with Gasteiger partial charge >= 0.3 is 19.2 Å². The van der Waals surface area contributed by atoms with Gasteiger partial charge in [0.1, 0.15) is 18.1 Å². The Morgan fingerprint density at radius 3 is 2.46 bits per heavy atom. The molecule has 0 aliphatic carbocycles. The number of halogens is 1. The molecule has 3 N–H and O–H groups in total. The molecular formula is C16H23BFNO7. The van der Waals surface area contributed by atoms with Gasteiger partial charge in [-0.1, -0.05) is 6.07 Å². The van der Waals surface area contributed by atoms with Crippen molar-refractivity contribution in [3.8, 4) is 5.75 Å². The Bertz CT molecular complexity index is 634. The van der Waals surface area contributed by atoms with Gasteiger partial charge < -0.3 is 29.6 Å². The lowest BCUT2D eigenvalue weighted by Crippen LogP contribution is -2.45. The Morgan fingerprint density at radius 2 is 1.96 bits per heavy atom. The van der Waals surface area contributed by atoms with Gasteiger partial charge in [-0.15, -0.1) is 0 Å². The molecule has 0 spiro atoms. The minimum absolute atomic E-state index is 0.0360. The Labute approximate surface area is 151 Å². The Morgan fingerprint density at radius 1 is 1.31 bits per heavy atom. The normalized spacial score (nSPS) is 12.1. The van der Waals surface area contributed by atoms with E-state index in [9.17, 15) is 14.0 Å². The number of hydrogen-bond acceptors (Lipinski definition) is 7. The van der Waals surface area contributed by atoms with E-state index in [1.165, 1.54) is 19.2 Å². The van der Waals surface area contributed by atoms with E-state index in [0.717, 1.165) is 6.07 Å². The van der Waals surface area contributed by atoms with Gasteiger partial charge in [-0.2, -0.15) is 0 Å². The first-order chi connectivity index (χ1) is 12.0. The van der Waals surface area contributed by atoms with Crippen LogP contribution >= 0.6 is 0 Å². The summed E-state index contributed by atoms with van der Waals surface area (Å²) in [6.45, 7) is 4.55. The van der Waals surface area contributed by atoms with Crippen LogP contribution in [0, 0.1) is 5.82 Å². The molecule has 1 atom stereocenters. The van der Waals surface area contributed by atoms with E-state index in [1.807, 2.05) is 0 Å². The maximum absolute atomic E-state index is 14.0. The molecule has 0 aliphatic rings. The average molecular weight is 371 g/mol. The molecule has 144 valence electrons. The topological polar surface area (TPSA) is 114 Å². The Kier molecular flexibility index (Phi) is 7.85. The van der Waals surface area contributed by atoms with E-state index in [0.29, 0.717) is 5.56 Å². The summed E-state index contributed by atoms with van der Waals surface area (Å²) >= 11 is 0. The van der Waals surface area contributed by atoms with Crippen LogP contribution in [0.25, 0.3) is 0 Å². The summed E-state index contributed by atoms with van der Waals surface area (Å²) in [5.74, 6) is -1.62. The van der Waals surface area contributed by atoms with Crippen LogP contribution in [0.2, 0.25) is 0 Å². The zero-order valence-electron chi connectivity index (χ0n) is 15.1. The molecule has 0 heterocycles. The van der Waals surface area contributed by atoms with Crippen LogP contribution in [-0.2, 0) is 20.7 Å². The van der Waals surface area contributed by atoms with Crippen molar-refractivity contribution in [1.29, 1.82) is 0 Å². The van der Waals surface area contributed by atoms with E-state index in [-0.39, 0.29) is 12.2 Å². The van der Waals surface area contributed by atoms with E-state index in [1.54, 1.807) is 20.8 Å². The van der Waals surface area contributed by atoms with Crippen molar-refractivity contribution in [2.45, 2.75) is 38.8 Å². The highest BCUT2D eigenvalue weighted by atomic mass is 19.1. The molecule has 0 saturated heterocycles. The fourth-order valence-corrected chi connectivity index (χ4v) is 1.97. The highest BCUT2D eigenvalue weighted by Crippen LogP contribution is 2.19. The van der Waals surface area contributed by atoms with Crippen molar-refractivity contribution in [2.24, 2.45) is 0 Å². The molecular weight excluding hydrogens is 348 g/mol. The monoisotopic (exact) mass is 371 g/mol. The fourth-order valence-electron chi connectivity index (χ4n) is 1.97. The number of rotatable bonds is 7. The molecule has 10 heteroatoms. The average Bonchev–Trinajstić information content (AvgIpc) is 2.50. The first-order valence-electron chi connectivity index (χ1n) is 7.86. The smallest absolute Gasteiger partial charge is 0.491 e. The lowest BCUT2D eigenvalue weighted by molar-refractivity contribution is -0.143. The number of amides is 1. The highest BCUT2D eigenvalue weighted by molar-refractivity contribution is 6.40. The standard InChI is InChI=1S/C16H23BFNO7/c1-16(2,3)26-15(21)19-12(14(20)24-4)8-10-5-6-13(11(18)7-10)25-9-17(22)23/h5-7,12,22-23H,8-9H2,1-4H3,(H,19,21)/t12-/m0/s1. The molecule has 1 rings (SSSR count). The number of nitrogens with one attached hydrogen (secondary N) is 1. The van der Waals surface area contributed by atoms with Gasteiger partial charge in [0.25, 0.3) is 0 Å². The second-order valence-corrected chi connectivity index (χ2v) is 6.48. The Balaban J connectivity index is 2.83. The maximum atomic E-state index is 14.0. The second-order valence-electron chi connectivity index (χ2n) is 6.48. The molecule has 0 radical (unpaired) electrons. The summed E-state index contributed by atoms with van der Waals surface area (Å²) in [5, 5.41) is 19.9. The van der Waals surface area contributed by atoms with Crippen LogP contribution in [-0.4, -0.2) is 54.5 Å². The van der Waals surface area contributed by atoms with Crippen LogP contribution in [0.15, 0.2) is 18.2 Å². The first kappa shape index (κ1) is 21.7. The van der Waals surface area contributed by atoms with Crippen molar-refractivity contribution >= 4 is 19.2 Å². The van der Waals surface area contributed by atoms with Crippen LogP contribution in [0.5, 0.6) is 5.75 Å². The summed E-state index contributed by atoms with van der Waals surface area (Å²) in [4.78, 5) is 23.7. The molecule has 0 saturated carbocycles. The zero-order valence-corrected chi connectivity index (χ0v) is 15.1. The summed E-state index contributed by atoms with van der Waals surface area (Å²) in [6.07, 6.45) is -0.837. The fraction of sp³-hybridized carbons (Fsp3) is 0.500. The van der Waals surface area contributed by atoms with Crippen molar-refractivity contribution in [2.75, 3.05) is 13.6 Å². The number of carbonyl (C=O) groups is 2. The van der Waals surface area contributed by atoms with E-state index >= 15 is 0 Å². The third-order valence-corrected chi connectivity index (χ3v) is 3.00. The summed E-state index contributed by atoms with van der Waals surface area (Å²) in [6, 6.07) is 2.82. The van der Waals surface area contributed by atoms with Crippen LogP contribution in [0.3, 0.4) is 0 Å². The number of benzene rings is 1. The quantitative estimate of drug-likeness (QED) is 0.480. The number of ether oxygens (including phenoxy) is 3. The van der Waals surface area contributed by atoms with Gasteiger partial charge in [-0.3, -0.25) is 0 Å². The van der Waals surface area contributed by atoms with Gasteiger partial charge in [0, 0.05) is 6.42 Å². The molecule has 0 bridgehead atoms. The molecule has 0 unspecified atom stereocenters. The van der Waals surface area contributed by atoms with Crippen molar-refractivity contribution in [3.05, 3.63) is 29.6 Å². The predicted octanol–water partition coefficient (Wildman–Crippen LogP) is 0.825. The molecule has 8 nitrogen and oxygen atoms in total. The largest absolute Gasteiger partial charge is 0.493 e. The molecule has 1 aromatic rings. The number of methoxy groups -OCH3 is 1. The van der Waals surface area contributed by atoms with Crippen molar-refractivity contribution in [3.63, 3.8) is 0 Å². The molecule has 0 aliphatic heterocycles. The predicted molar refractivity (Wildman–Crippen MR) is 91.0 cm³/mol.